The van der Waals surface area contributed by atoms with Crippen molar-refractivity contribution in [2.75, 3.05) is 26.4 Å². The summed E-state index contributed by atoms with van der Waals surface area (Å²) in [7, 11) is 0. The average molecular weight is 593 g/mol. The minimum Gasteiger partial charge on any atom is -0.491 e. The second-order valence-corrected chi connectivity index (χ2v) is 12.9. The van der Waals surface area contributed by atoms with Crippen LogP contribution in [0.2, 0.25) is 0 Å². The molecule has 4 aromatic carbocycles. The largest absolute Gasteiger partial charge is 0.491 e. The molecule has 0 aliphatic heterocycles. The van der Waals surface area contributed by atoms with Gasteiger partial charge in [-0.3, -0.25) is 4.79 Å². The highest BCUT2D eigenvalue weighted by atomic mass is 16.6. The molecule has 0 fully saturated rings. The van der Waals surface area contributed by atoms with Gasteiger partial charge in [0.2, 0.25) is 0 Å². The third-order valence-electron chi connectivity index (χ3n) is 8.42. The lowest BCUT2D eigenvalue weighted by atomic mass is 9.68. The van der Waals surface area contributed by atoms with Crippen molar-refractivity contribution in [2.24, 2.45) is 5.41 Å². The summed E-state index contributed by atoms with van der Waals surface area (Å²) in [5.41, 5.74) is 6.07. The first-order valence-corrected chi connectivity index (χ1v) is 15.5. The van der Waals surface area contributed by atoms with Gasteiger partial charge < -0.3 is 18.9 Å². The Kier molecular flexibility index (Phi) is 9.17. The summed E-state index contributed by atoms with van der Waals surface area (Å²) >= 11 is 0. The second kappa shape index (κ2) is 12.9. The molecule has 0 N–H and O–H groups in total. The van der Waals surface area contributed by atoms with Crippen LogP contribution in [0.15, 0.2) is 97.1 Å². The molecule has 0 spiro atoms. The Bertz CT molecular complexity index is 1520. The van der Waals surface area contributed by atoms with E-state index in [-0.39, 0.29) is 18.2 Å². The topological polar surface area (TPSA) is 54.0 Å². The first-order valence-electron chi connectivity index (χ1n) is 15.5. The number of esters is 1. The predicted octanol–water partition coefficient (Wildman–Crippen LogP) is 8.60. The molecule has 5 nitrogen and oxygen atoms in total. The van der Waals surface area contributed by atoms with Gasteiger partial charge in [-0.25, -0.2) is 0 Å². The van der Waals surface area contributed by atoms with Crippen molar-refractivity contribution < 1.29 is 23.7 Å². The molecule has 0 saturated carbocycles. The van der Waals surface area contributed by atoms with Crippen LogP contribution < -0.4 is 9.47 Å². The molecule has 230 valence electrons. The zero-order chi connectivity index (χ0) is 31.4. The maximum absolute atomic E-state index is 12.1. The molecule has 1 aliphatic rings. The van der Waals surface area contributed by atoms with Crippen molar-refractivity contribution in [3.63, 3.8) is 0 Å². The molecule has 5 rings (SSSR count). The Hall–Kier alpha value is -4.09. The van der Waals surface area contributed by atoms with E-state index in [1.54, 1.807) is 0 Å². The van der Waals surface area contributed by atoms with Crippen molar-refractivity contribution in [3.8, 4) is 22.6 Å². The zero-order valence-electron chi connectivity index (χ0n) is 26.8. The van der Waals surface area contributed by atoms with Gasteiger partial charge in [-0.15, -0.1) is 0 Å². The van der Waals surface area contributed by atoms with Crippen molar-refractivity contribution in [3.05, 3.63) is 119 Å². The third kappa shape index (κ3) is 6.39. The average Bonchev–Trinajstić information content (AvgIpc) is 3.33. The van der Waals surface area contributed by atoms with Gasteiger partial charge in [-0.1, -0.05) is 79.7 Å². The molecule has 0 bridgehead atoms. The molecule has 5 heteroatoms. The summed E-state index contributed by atoms with van der Waals surface area (Å²) in [6.45, 7) is 13.4. The van der Waals surface area contributed by atoms with Gasteiger partial charge in [-0.2, -0.15) is 0 Å². The van der Waals surface area contributed by atoms with Crippen LogP contribution in [0.25, 0.3) is 11.1 Å². The normalized spacial score (nSPS) is 13.6. The van der Waals surface area contributed by atoms with Crippen LogP contribution in [-0.4, -0.2) is 38.0 Å². The Labute approximate surface area is 262 Å². The van der Waals surface area contributed by atoms with Crippen LogP contribution in [0.4, 0.5) is 0 Å². The molecule has 1 aliphatic carbocycles. The van der Waals surface area contributed by atoms with E-state index in [1.807, 2.05) is 32.9 Å². The summed E-state index contributed by atoms with van der Waals surface area (Å²) in [4.78, 5) is 12.1. The predicted molar refractivity (Wildman–Crippen MR) is 175 cm³/mol. The number of carbonyl (C=O) groups is 1. The zero-order valence-corrected chi connectivity index (χ0v) is 26.8. The highest BCUT2D eigenvalue weighted by molar-refractivity contribution is 5.86. The summed E-state index contributed by atoms with van der Waals surface area (Å²) in [6.07, 6.45) is 0.951. The molecule has 44 heavy (non-hydrogen) atoms. The molecule has 0 radical (unpaired) electrons. The highest BCUT2D eigenvalue weighted by Gasteiger charge is 2.45. The number of fused-ring (bicyclic) bond motifs is 3. The van der Waals surface area contributed by atoms with Crippen molar-refractivity contribution in [1.29, 1.82) is 0 Å². The molecule has 0 saturated heterocycles. The van der Waals surface area contributed by atoms with Gasteiger partial charge in [-0.05, 0) is 98.7 Å². The van der Waals surface area contributed by atoms with Gasteiger partial charge in [0.15, 0.2) is 0 Å². The lowest BCUT2D eigenvalue weighted by Crippen LogP contribution is -2.28. The minimum absolute atomic E-state index is 0.150. The molecular weight excluding hydrogens is 548 g/mol. The van der Waals surface area contributed by atoms with E-state index in [0.29, 0.717) is 19.8 Å². The summed E-state index contributed by atoms with van der Waals surface area (Å²) < 4.78 is 23.3. The Balaban J connectivity index is 1.43. The Morgan fingerprint density at radius 1 is 0.614 bits per heavy atom. The number of hydrogen-bond acceptors (Lipinski definition) is 5. The van der Waals surface area contributed by atoms with Crippen LogP contribution in [0.1, 0.15) is 70.2 Å². The molecule has 0 unspecified atom stereocenters. The number of benzene rings is 4. The van der Waals surface area contributed by atoms with Gasteiger partial charge in [0, 0.05) is 0 Å². The molecular formula is C39H44O5. The van der Waals surface area contributed by atoms with E-state index in [9.17, 15) is 4.79 Å². The van der Waals surface area contributed by atoms with Gasteiger partial charge in [0.1, 0.15) is 31.3 Å². The fourth-order valence-electron chi connectivity index (χ4n) is 5.72. The lowest BCUT2D eigenvalue weighted by molar-refractivity contribution is -0.153. The van der Waals surface area contributed by atoms with E-state index in [1.165, 1.54) is 22.3 Å². The number of rotatable bonds is 12. The van der Waals surface area contributed by atoms with Crippen molar-refractivity contribution >= 4 is 5.97 Å². The first kappa shape index (κ1) is 31.3. The third-order valence-corrected chi connectivity index (χ3v) is 8.42. The van der Waals surface area contributed by atoms with Gasteiger partial charge in [0.05, 0.1) is 23.0 Å². The van der Waals surface area contributed by atoms with Crippen LogP contribution >= 0.6 is 0 Å². The SMILES string of the molecule is CCC(C)(C)OCCOc1ccc(C2(c3ccc(OCCOC(=O)C(C)(C)C)cc3)c3ccccc3-c3ccccc32)cc1. The maximum Gasteiger partial charge on any atom is 0.311 e. The Morgan fingerprint density at radius 3 is 1.52 bits per heavy atom. The fraction of sp³-hybridized carbons (Fsp3) is 0.359. The molecule has 0 amide bonds. The standard InChI is InChI=1S/C39H44O5/c1-7-38(5,6)44-27-26-42-31-22-18-29(19-23-31)39(34-14-10-8-12-32(34)33-13-9-11-15-35(33)39)28-16-20-30(21-17-28)41-24-25-43-36(40)37(2,3)4/h8-23H,7,24-27H2,1-6H3. The maximum atomic E-state index is 12.1. The van der Waals surface area contributed by atoms with Crippen LogP contribution in [0.5, 0.6) is 11.5 Å². The fourth-order valence-corrected chi connectivity index (χ4v) is 5.72. The first-order chi connectivity index (χ1) is 21.1. The summed E-state index contributed by atoms with van der Waals surface area (Å²) in [5.74, 6) is 1.31. The number of hydrogen-bond donors (Lipinski definition) is 0. The van der Waals surface area contributed by atoms with Crippen LogP contribution in [0.3, 0.4) is 0 Å². The van der Waals surface area contributed by atoms with E-state index in [2.05, 4.69) is 106 Å². The molecule has 4 aromatic rings. The van der Waals surface area contributed by atoms with E-state index >= 15 is 0 Å². The van der Waals surface area contributed by atoms with Gasteiger partial charge in [0.25, 0.3) is 0 Å². The minimum atomic E-state index is -0.533. The van der Waals surface area contributed by atoms with E-state index in [4.69, 9.17) is 18.9 Å². The molecule has 0 aromatic heterocycles. The molecule has 0 atom stereocenters. The van der Waals surface area contributed by atoms with E-state index in [0.717, 1.165) is 29.0 Å². The van der Waals surface area contributed by atoms with Crippen LogP contribution in [-0.2, 0) is 19.7 Å². The monoisotopic (exact) mass is 592 g/mol. The van der Waals surface area contributed by atoms with E-state index < -0.39 is 10.8 Å². The highest BCUT2D eigenvalue weighted by Crippen LogP contribution is 2.56. The van der Waals surface area contributed by atoms with Gasteiger partial charge >= 0.3 is 5.97 Å². The smallest absolute Gasteiger partial charge is 0.311 e. The van der Waals surface area contributed by atoms with Crippen LogP contribution in [0, 0.1) is 5.41 Å². The van der Waals surface area contributed by atoms with Crippen molar-refractivity contribution in [1.82, 2.24) is 0 Å². The lowest BCUT2D eigenvalue weighted by Gasteiger charge is -2.34. The second-order valence-electron chi connectivity index (χ2n) is 12.9. The quantitative estimate of drug-likeness (QED) is 0.107. The number of ether oxygens (including phenoxy) is 4. The number of carbonyl (C=O) groups excluding carboxylic acids is 1. The van der Waals surface area contributed by atoms with Crippen molar-refractivity contribution in [2.45, 2.75) is 59.0 Å². The summed E-state index contributed by atoms with van der Waals surface area (Å²) in [5, 5.41) is 0. The Morgan fingerprint density at radius 2 is 1.07 bits per heavy atom. The molecule has 0 heterocycles. The summed E-state index contributed by atoms with van der Waals surface area (Å²) in [6, 6.07) is 34.1.